The lowest BCUT2D eigenvalue weighted by atomic mass is 10.2. The number of aromatic nitrogens is 1. The SMILES string of the molecule is [N-]=[N+]=NCCOc1ccc([N+](=O)[O-])c(COC(=O)On2c(O)ccc2O)c1. The summed E-state index contributed by atoms with van der Waals surface area (Å²) in [6.07, 6.45) is -1.32. The molecule has 0 unspecified atom stereocenters. The van der Waals surface area contributed by atoms with Gasteiger partial charge in [0.05, 0.1) is 23.6 Å². The molecule has 0 spiro atoms. The van der Waals surface area contributed by atoms with Crippen molar-refractivity contribution in [1.29, 1.82) is 0 Å². The van der Waals surface area contributed by atoms with E-state index in [-0.39, 0.29) is 30.2 Å². The van der Waals surface area contributed by atoms with Crippen molar-refractivity contribution >= 4 is 11.8 Å². The third kappa shape index (κ3) is 5.17. The van der Waals surface area contributed by atoms with Crippen LogP contribution < -0.4 is 9.57 Å². The lowest BCUT2D eigenvalue weighted by molar-refractivity contribution is -0.385. The van der Waals surface area contributed by atoms with Gasteiger partial charge in [-0.2, -0.15) is 0 Å². The maximum absolute atomic E-state index is 11.7. The summed E-state index contributed by atoms with van der Waals surface area (Å²) in [5, 5.41) is 33.1. The molecule has 1 heterocycles. The Morgan fingerprint density at radius 3 is 2.63 bits per heavy atom. The van der Waals surface area contributed by atoms with E-state index in [1.54, 1.807) is 0 Å². The van der Waals surface area contributed by atoms with E-state index in [1.165, 1.54) is 12.1 Å². The summed E-state index contributed by atoms with van der Waals surface area (Å²) in [5.74, 6) is -0.863. The Hall–Kier alpha value is -4.12. The van der Waals surface area contributed by atoms with Crippen LogP contribution in [-0.2, 0) is 11.3 Å². The molecule has 0 aliphatic rings. The number of rotatable bonds is 8. The largest absolute Gasteiger partial charge is 0.534 e. The maximum atomic E-state index is 11.7. The van der Waals surface area contributed by atoms with E-state index in [0.29, 0.717) is 4.73 Å². The first-order valence-corrected chi connectivity index (χ1v) is 7.28. The Bertz CT molecular complexity index is 870. The number of nitro benzene ring substituents is 1. The van der Waals surface area contributed by atoms with Gasteiger partial charge in [0.15, 0.2) is 0 Å². The molecule has 142 valence electrons. The van der Waals surface area contributed by atoms with Crippen molar-refractivity contribution in [1.82, 2.24) is 4.73 Å². The summed E-state index contributed by atoms with van der Waals surface area (Å²) in [7, 11) is 0. The summed E-state index contributed by atoms with van der Waals surface area (Å²) < 4.78 is 10.5. The van der Waals surface area contributed by atoms with E-state index in [0.717, 1.165) is 18.2 Å². The average molecular weight is 379 g/mol. The summed E-state index contributed by atoms with van der Waals surface area (Å²) >= 11 is 0. The topological polar surface area (TPSA) is 182 Å². The van der Waals surface area contributed by atoms with Crippen LogP contribution in [0.3, 0.4) is 0 Å². The minimum absolute atomic E-state index is 0.0131. The molecule has 0 atom stereocenters. The van der Waals surface area contributed by atoms with Gasteiger partial charge >= 0.3 is 6.16 Å². The Balaban J connectivity index is 2.05. The van der Waals surface area contributed by atoms with Gasteiger partial charge in [0, 0.05) is 23.1 Å². The molecular weight excluding hydrogens is 366 g/mol. The highest BCUT2D eigenvalue weighted by Crippen LogP contribution is 2.25. The molecule has 2 aromatic rings. The molecule has 2 rings (SSSR count). The first-order chi connectivity index (χ1) is 12.9. The molecular formula is C14H13N5O8. The standard InChI is InChI=1S/C14H13N5O8/c15-17-16-5-6-25-10-1-2-11(19(23)24)9(7-10)8-26-14(22)27-18-12(20)3-4-13(18)21/h1-4,7,20-21H,5-6,8H2. The zero-order valence-electron chi connectivity index (χ0n) is 13.6. The molecule has 0 aliphatic heterocycles. The van der Waals surface area contributed by atoms with Gasteiger partial charge in [-0.25, -0.2) is 4.79 Å². The van der Waals surface area contributed by atoms with E-state index in [4.69, 9.17) is 15.0 Å². The number of hydrogen-bond donors (Lipinski definition) is 2. The number of benzene rings is 1. The second-order valence-corrected chi connectivity index (χ2v) is 4.82. The predicted octanol–water partition coefficient (Wildman–Crippen LogP) is 2.26. The number of nitrogens with zero attached hydrogens (tertiary/aromatic N) is 5. The van der Waals surface area contributed by atoms with E-state index in [9.17, 15) is 25.1 Å². The number of carbonyl (C=O) groups is 1. The minimum atomic E-state index is -1.32. The van der Waals surface area contributed by atoms with Crippen LogP contribution in [-0.4, -0.2) is 39.2 Å². The summed E-state index contributed by atoms with van der Waals surface area (Å²) in [6.45, 7) is -0.419. The van der Waals surface area contributed by atoms with Crippen molar-refractivity contribution in [2.75, 3.05) is 13.2 Å². The molecule has 1 aromatic carbocycles. The van der Waals surface area contributed by atoms with Crippen molar-refractivity contribution in [3.63, 3.8) is 0 Å². The monoisotopic (exact) mass is 379 g/mol. The molecule has 2 N–H and O–H groups in total. The second kappa shape index (κ2) is 8.82. The lowest BCUT2D eigenvalue weighted by Gasteiger charge is -2.09. The molecule has 13 nitrogen and oxygen atoms in total. The van der Waals surface area contributed by atoms with E-state index in [2.05, 4.69) is 14.9 Å². The summed E-state index contributed by atoms with van der Waals surface area (Å²) in [4.78, 5) is 29.2. The van der Waals surface area contributed by atoms with Crippen molar-refractivity contribution in [3.8, 4) is 17.5 Å². The first-order valence-electron chi connectivity index (χ1n) is 7.28. The fraction of sp³-hybridized carbons (Fsp3) is 0.214. The van der Waals surface area contributed by atoms with Crippen molar-refractivity contribution in [2.45, 2.75) is 6.61 Å². The average Bonchev–Trinajstić information content (AvgIpc) is 2.95. The molecule has 13 heteroatoms. The van der Waals surface area contributed by atoms with Gasteiger partial charge in [-0.1, -0.05) is 5.11 Å². The van der Waals surface area contributed by atoms with E-state index >= 15 is 0 Å². The van der Waals surface area contributed by atoms with Gasteiger partial charge in [-0.3, -0.25) is 15.0 Å². The number of ether oxygens (including phenoxy) is 2. The molecule has 0 saturated heterocycles. The molecule has 0 saturated carbocycles. The fourth-order valence-electron chi connectivity index (χ4n) is 1.93. The molecule has 1 aromatic heterocycles. The maximum Gasteiger partial charge on any atom is 0.534 e. The van der Waals surface area contributed by atoms with Crippen molar-refractivity contribution < 1.29 is 34.2 Å². The zero-order valence-corrected chi connectivity index (χ0v) is 13.6. The Labute approximate surface area is 150 Å². The molecule has 0 aliphatic carbocycles. The van der Waals surface area contributed by atoms with Gasteiger partial charge in [0.1, 0.15) is 12.4 Å². The zero-order chi connectivity index (χ0) is 19.8. The van der Waals surface area contributed by atoms with Gasteiger partial charge in [-0.05, 0) is 17.7 Å². The van der Waals surface area contributed by atoms with Crippen LogP contribution in [0.25, 0.3) is 10.4 Å². The Kier molecular flexibility index (Phi) is 6.28. The third-order valence-electron chi connectivity index (χ3n) is 3.08. The molecule has 0 fully saturated rings. The predicted molar refractivity (Wildman–Crippen MR) is 87.1 cm³/mol. The van der Waals surface area contributed by atoms with Crippen LogP contribution in [0.4, 0.5) is 10.5 Å². The van der Waals surface area contributed by atoms with E-state index in [1.807, 2.05) is 0 Å². The van der Waals surface area contributed by atoms with Crippen LogP contribution in [0.5, 0.6) is 17.5 Å². The summed E-state index contributed by atoms with van der Waals surface area (Å²) in [5.41, 5.74) is 7.88. The van der Waals surface area contributed by atoms with Crippen LogP contribution >= 0.6 is 0 Å². The van der Waals surface area contributed by atoms with Gasteiger partial charge in [-0.15, -0.1) is 4.73 Å². The fourth-order valence-corrected chi connectivity index (χ4v) is 1.93. The minimum Gasteiger partial charge on any atom is -0.493 e. The number of hydrogen-bond acceptors (Lipinski definition) is 9. The van der Waals surface area contributed by atoms with E-state index < -0.39 is 29.4 Å². The first kappa shape index (κ1) is 19.2. The molecule has 27 heavy (non-hydrogen) atoms. The summed E-state index contributed by atoms with van der Waals surface area (Å²) in [6, 6.07) is 5.93. The lowest BCUT2D eigenvalue weighted by Crippen LogP contribution is -2.20. The molecule has 0 radical (unpaired) electrons. The van der Waals surface area contributed by atoms with Crippen molar-refractivity contribution in [3.05, 3.63) is 56.5 Å². The van der Waals surface area contributed by atoms with Gasteiger partial charge in [0.25, 0.3) is 5.69 Å². The highest BCUT2D eigenvalue weighted by atomic mass is 16.8. The third-order valence-corrected chi connectivity index (χ3v) is 3.08. The molecule has 0 amide bonds. The van der Waals surface area contributed by atoms with Crippen LogP contribution in [0.1, 0.15) is 5.56 Å². The second-order valence-electron chi connectivity index (χ2n) is 4.82. The van der Waals surface area contributed by atoms with Gasteiger partial charge in [0.2, 0.25) is 11.8 Å². The number of nitro groups is 1. The smallest absolute Gasteiger partial charge is 0.493 e. The highest BCUT2D eigenvalue weighted by Gasteiger charge is 2.18. The molecule has 0 bridgehead atoms. The number of aromatic hydroxyl groups is 2. The normalized spacial score (nSPS) is 9.93. The highest BCUT2D eigenvalue weighted by molar-refractivity contribution is 5.61. The Morgan fingerprint density at radius 2 is 2.00 bits per heavy atom. The van der Waals surface area contributed by atoms with Crippen LogP contribution in [0.2, 0.25) is 0 Å². The number of carbonyl (C=O) groups excluding carboxylic acids is 1. The van der Waals surface area contributed by atoms with Crippen LogP contribution in [0.15, 0.2) is 35.4 Å². The van der Waals surface area contributed by atoms with Crippen molar-refractivity contribution in [2.24, 2.45) is 5.11 Å². The Morgan fingerprint density at radius 1 is 1.30 bits per heavy atom. The van der Waals surface area contributed by atoms with Crippen LogP contribution in [0, 0.1) is 10.1 Å². The quantitative estimate of drug-likeness (QED) is 0.133. The van der Waals surface area contributed by atoms with Gasteiger partial charge < -0.3 is 19.7 Å². The number of azide groups is 1.